The molecule has 0 radical (unpaired) electrons. The first kappa shape index (κ1) is 37.2. The van der Waals surface area contributed by atoms with E-state index >= 15 is 0 Å². The molecule has 2 aromatic heterocycles. The van der Waals surface area contributed by atoms with Crippen molar-refractivity contribution in [2.24, 2.45) is 11.3 Å². The van der Waals surface area contributed by atoms with E-state index in [0.29, 0.717) is 10.9 Å². The molecular formula is C37H43F3N4O5S. The Morgan fingerprint density at radius 1 is 0.980 bits per heavy atom. The number of nitrogens with zero attached hydrogens (tertiary/aromatic N) is 3. The maximum Gasteiger partial charge on any atom is 0.490 e. The zero-order valence-electron chi connectivity index (χ0n) is 28.3. The number of benzene rings is 2. The van der Waals surface area contributed by atoms with Crippen LogP contribution in [0.3, 0.4) is 0 Å². The first-order valence-electron chi connectivity index (χ1n) is 16.8. The number of carbonyl (C=O) groups excluding carboxylic acids is 1. The van der Waals surface area contributed by atoms with E-state index < -0.39 is 12.1 Å². The Labute approximate surface area is 293 Å². The van der Waals surface area contributed by atoms with Crippen molar-refractivity contribution in [3.05, 3.63) is 76.4 Å². The lowest BCUT2D eigenvalue weighted by Crippen LogP contribution is -2.38. The number of pyridine rings is 1. The number of rotatable bonds is 7. The van der Waals surface area contributed by atoms with Crippen LogP contribution in [0.4, 0.5) is 13.2 Å². The second-order valence-electron chi connectivity index (χ2n) is 14.1. The summed E-state index contributed by atoms with van der Waals surface area (Å²) in [6.45, 7) is 9.50. The number of fused-ring (bicyclic) bond motifs is 2. The molecule has 2 aromatic carbocycles. The Hall–Kier alpha value is -4.07. The number of aliphatic carboxylic acids is 1. The standard InChI is InChI=1S/C35H42N4O3S.C2HF3O2/c1-35(2,3)26-10-13-29-25(20-26)21-31-33(37-29)43-34(38-31)32(42)36-30(16-19-39-17-14-28(41)15-18-39)24-6-4-22(5-7-24)23-8-11-27(40)12-9-23;3-2(4,5)1(6)7/h4-9,11-12,21,26,28,30,40-41H,10,13-20H2,1-3H3,(H,36,42);(H,6,7)/t26-,30+;/m0./s1. The van der Waals surface area contributed by atoms with Gasteiger partial charge in [-0.2, -0.15) is 13.2 Å². The van der Waals surface area contributed by atoms with Crippen LogP contribution in [-0.4, -0.2) is 74.0 Å². The molecule has 2 aliphatic rings. The molecule has 1 aliphatic carbocycles. The number of halogens is 3. The summed E-state index contributed by atoms with van der Waals surface area (Å²) in [6.07, 6.45) is 0.168. The molecule has 1 amide bonds. The van der Waals surface area contributed by atoms with Crippen LogP contribution >= 0.6 is 11.3 Å². The summed E-state index contributed by atoms with van der Waals surface area (Å²) in [7, 11) is 0. The molecule has 1 fully saturated rings. The van der Waals surface area contributed by atoms with E-state index in [-0.39, 0.29) is 29.2 Å². The number of hydrogen-bond acceptors (Lipinski definition) is 8. The quantitative estimate of drug-likeness (QED) is 0.159. The minimum atomic E-state index is -5.08. The molecule has 0 bridgehead atoms. The molecule has 0 unspecified atom stereocenters. The van der Waals surface area contributed by atoms with E-state index in [4.69, 9.17) is 19.9 Å². The van der Waals surface area contributed by atoms with Gasteiger partial charge in [0, 0.05) is 25.3 Å². The molecule has 0 spiro atoms. The Kier molecular flexibility index (Phi) is 11.5. The first-order chi connectivity index (χ1) is 23.6. The van der Waals surface area contributed by atoms with Crippen LogP contribution in [0.1, 0.15) is 79.1 Å². The Morgan fingerprint density at radius 3 is 2.16 bits per heavy atom. The van der Waals surface area contributed by atoms with Crippen LogP contribution in [0.5, 0.6) is 5.75 Å². The van der Waals surface area contributed by atoms with Crippen molar-refractivity contribution in [1.82, 2.24) is 20.2 Å². The summed E-state index contributed by atoms with van der Waals surface area (Å²) in [5, 5.41) is 30.5. The number of piperidine rings is 1. The first-order valence-corrected chi connectivity index (χ1v) is 17.6. The van der Waals surface area contributed by atoms with E-state index in [2.05, 4.69) is 61.3 Å². The van der Waals surface area contributed by atoms with Crippen LogP contribution in [0, 0.1) is 11.3 Å². The van der Waals surface area contributed by atoms with Gasteiger partial charge in [0.25, 0.3) is 5.91 Å². The molecule has 1 saturated heterocycles. The zero-order chi connectivity index (χ0) is 36.2. The fraction of sp³-hybridized carbons (Fsp3) is 0.459. The molecule has 3 heterocycles. The second-order valence-corrected chi connectivity index (χ2v) is 15.1. The van der Waals surface area contributed by atoms with Crippen molar-refractivity contribution in [2.75, 3.05) is 19.6 Å². The van der Waals surface area contributed by atoms with Crippen LogP contribution in [-0.2, 0) is 17.6 Å². The van der Waals surface area contributed by atoms with Crippen molar-refractivity contribution < 1.29 is 38.1 Å². The fourth-order valence-electron chi connectivity index (χ4n) is 6.41. The minimum absolute atomic E-state index is 0.171. The number of nitrogens with one attached hydrogen (secondary N) is 1. The highest BCUT2D eigenvalue weighted by Gasteiger charge is 2.38. The zero-order valence-corrected chi connectivity index (χ0v) is 29.2. The molecule has 2 atom stereocenters. The molecule has 9 nitrogen and oxygen atoms in total. The average Bonchev–Trinajstić information content (AvgIpc) is 3.49. The van der Waals surface area contributed by atoms with Crippen LogP contribution < -0.4 is 5.32 Å². The summed E-state index contributed by atoms with van der Waals surface area (Å²) in [5.41, 5.74) is 6.60. The highest BCUT2D eigenvalue weighted by atomic mass is 32.1. The van der Waals surface area contributed by atoms with Crippen molar-refractivity contribution in [2.45, 2.75) is 77.6 Å². The SMILES string of the molecule is CC(C)(C)[C@H]1CCc2nc3sc(C(=O)N[C@H](CCN4CCC(O)CC4)c4ccc(-c5ccc(O)cc5)cc4)nc3cc2C1.O=C(O)C(F)(F)F. The molecule has 1 aliphatic heterocycles. The number of carboxylic acid groups (broad SMARTS) is 1. The molecule has 13 heteroatoms. The highest BCUT2D eigenvalue weighted by molar-refractivity contribution is 7.19. The molecule has 50 heavy (non-hydrogen) atoms. The van der Waals surface area contributed by atoms with Gasteiger partial charge in [0.15, 0.2) is 5.01 Å². The van der Waals surface area contributed by atoms with E-state index in [9.17, 15) is 28.2 Å². The van der Waals surface area contributed by atoms with E-state index in [1.807, 2.05) is 12.1 Å². The molecule has 4 aromatic rings. The maximum absolute atomic E-state index is 13.7. The molecule has 4 N–H and O–H groups in total. The number of carboxylic acids is 1. The van der Waals surface area contributed by atoms with Crippen molar-refractivity contribution >= 4 is 33.6 Å². The number of likely N-dealkylation sites (tertiary alicyclic amines) is 1. The smallest absolute Gasteiger partial charge is 0.490 e. The number of amides is 1. The number of aliphatic hydroxyl groups excluding tert-OH is 1. The lowest BCUT2D eigenvalue weighted by atomic mass is 9.71. The van der Waals surface area contributed by atoms with E-state index in [1.165, 1.54) is 16.9 Å². The molecule has 268 valence electrons. The van der Waals surface area contributed by atoms with Gasteiger partial charge >= 0.3 is 12.1 Å². The monoisotopic (exact) mass is 712 g/mol. The second kappa shape index (κ2) is 15.4. The van der Waals surface area contributed by atoms with Gasteiger partial charge in [0.05, 0.1) is 12.1 Å². The number of phenols is 1. The van der Waals surface area contributed by atoms with Gasteiger partial charge in [-0.25, -0.2) is 14.8 Å². The molecule has 6 rings (SSSR count). The minimum Gasteiger partial charge on any atom is -0.508 e. The van der Waals surface area contributed by atoms with Gasteiger partial charge in [-0.15, -0.1) is 0 Å². The summed E-state index contributed by atoms with van der Waals surface area (Å²) in [5.74, 6) is -2.07. The number of aliphatic hydroxyl groups is 1. The predicted octanol–water partition coefficient (Wildman–Crippen LogP) is 7.17. The third-order valence-corrected chi connectivity index (χ3v) is 10.5. The van der Waals surface area contributed by atoms with Gasteiger partial charge in [0.1, 0.15) is 16.1 Å². The largest absolute Gasteiger partial charge is 0.508 e. The van der Waals surface area contributed by atoms with Crippen molar-refractivity contribution in [3.8, 4) is 16.9 Å². The average molecular weight is 713 g/mol. The van der Waals surface area contributed by atoms with Gasteiger partial charge < -0.3 is 25.5 Å². The molecule has 0 saturated carbocycles. The Bertz CT molecular complexity index is 1780. The summed E-state index contributed by atoms with van der Waals surface area (Å²) < 4.78 is 31.7. The maximum atomic E-state index is 13.7. The number of aryl methyl sites for hydroxylation is 1. The summed E-state index contributed by atoms with van der Waals surface area (Å²) in [6, 6.07) is 17.4. The van der Waals surface area contributed by atoms with Gasteiger partial charge in [-0.3, -0.25) is 4.79 Å². The van der Waals surface area contributed by atoms with Gasteiger partial charge in [0.2, 0.25) is 0 Å². The fourth-order valence-corrected chi connectivity index (χ4v) is 7.25. The number of aromatic nitrogens is 2. The van der Waals surface area contributed by atoms with Crippen molar-refractivity contribution in [3.63, 3.8) is 0 Å². The summed E-state index contributed by atoms with van der Waals surface area (Å²) >= 11 is 1.38. The third kappa shape index (κ3) is 9.58. The lowest BCUT2D eigenvalue weighted by molar-refractivity contribution is -0.192. The Balaban J connectivity index is 0.000000630. The number of aromatic hydroxyl groups is 1. The number of thiazole rings is 1. The van der Waals surface area contributed by atoms with Crippen LogP contribution in [0.25, 0.3) is 21.5 Å². The van der Waals surface area contributed by atoms with Gasteiger partial charge in [-0.05, 0) is 90.3 Å². The lowest BCUT2D eigenvalue weighted by Gasteiger charge is -2.34. The van der Waals surface area contributed by atoms with Crippen molar-refractivity contribution in [1.29, 1.82) is 0 Å². The van der Waals surface area contributed by atoms with Crippen LogP contribution in [0.2, 0.25) is 0 Å². The van der Waals surface area contributed by atoms with Gasteiger partial charge in [-0.1, -0.05) is 68.5 Å². The number of carbonyl (C=O) groups is 2. The Morgan fingerprint density at radius 2 is 1.58 bits per heavy atom. The normalized spacial score (nSPS) is 17.8. The van der Waals surface area contributed by atoms with E-state index in [0.717, 1.165) is 90.9 Å². The topological polar surface area (TPSA) is 136 Å². The molecular weight excluding hydrogens is 669 g/mol. The number of phenolic OH excluding ortho intramolecular Hbond substituents is 1. The van der Waals surface area contributed by atoms with E-state index in [1.54, 1.807) is 12.1 Å². The highest BCUT2D eigenvalue weighted by Crippen LogP contribution is 2.38. The number of hydrogen-bond donors (Lipinski definition) is 4. The summed E-state index contributed by atoms with van der Waals surface area (Å²) in [4.78, 5) is 35.5. The predicted molar refractivity (Wildman–Crippen MR) is 186 cm³/mol. The third-order valence-electron chi connectivity index (χ3n) is 9.52. The number of alkyl halides is 3. The van der Waals surface area contributed by atoms with Crippen LogP contribution in [0.15, 0.2) is 54.6 Å².